The van der Waals surface area contributed by atoms with Gasteiger partial charge >= 0.3 is 0 Å². The van der Waals surface area contributed by atoms with Crippen LogP contribution in [0.15, 0.2) is 47.6 Å². The maximum absolute atomic E-state index is 14.4. The molecule has 0 unspecified atom stereocenters. The first-order valence-electron chi connectivity index (χ1n) is 11.4. The number of aromatic nitrogens is 3. The molecule has 0 atom stereocenters. The van der Waals surface area contributed by atoms with E-state index in [1.165, 1.54) is 30.0 Å². The molecule has 0 spiro atoms. The molecule has 0 bridgehead atoms. The van der Waals surface area contributed by atoms with Gasteiger partial charge in [-0.15, -0.1) is 22.0 Å². The third-order valence-corrected chi connectivity index (χ3v) is 6.76. The van der Waals surface area contributed by atoms with Crippen molar-refractivity contribution in [2.24, 2.45) is 0 Å². The molecule has 36 heavy (non-hydrogen) atoms. The lowest BCUT2D eigenvalue weighted by Gasteiger charge is -2.31. The van der Waals surface area contributed by atoms with Crippen LogP contribution in [-0.4, -0.2) is 88.1 Å². The van der Waals surface area contributed by atoms with Crippen LogP contribution in [0.4, 0.5) is 21.6 Å². The first-order chi connectivity index (χ1) is 17.4. The van der Waals surface area contributed by atoms with E-state index < -0.39 is 5.82 Å². The average Bonchev–Trinajstić information content (AvgIpc) is 2.86. The number of nitrogens with one attached hydrogen (secondary N) is 2. The number of anilines is 3. The van der Waals surface area contributed by atoms with Crippen molar-refractivity contribution in [3.05, 3.63) is 53.4 Å². The summed E-state index contributed by atoms with van der Waals surface area (Å²) in [5.41, 5.74) is 1.75. The van der Waals surface area contributed by atoms with Crippen molar-refractivity contribution in [3.63, 3.8) is 0 Å². The number of amides is 1. The SMILES string of the molecule is CN1CCN(CC(=O)Nc2cc(Nc3cc(-c4cc(Cl)ccc4F)nnc3SCCO)ccn2)CC1. The van der Waals surface area contributed by atoms with Gasteiger partial charge in [0.25, 0.3) is 0 Å². The summed E-state index contributed by atoms with van der Waals surface area (Å²) in [6.45, 7) is 3.83. The van der Waals surface area contributed by atoms with E-state index in [1.807, 2.05) is 0 Å². The summed E-state index contributed by atoms with van der Waals surface area (Å²) in [4.78, 5) is 21.1. The summed E-state index contributed by atoms with van der Waals surface area (Å²) in [6, 6.07) is 9.37. The van der Waals surface area contributed by atoms with Gasteiger partial charge in [0.15, 0.2) is 0 Å². The van der Waals surface area contributed by atoms with E-state index in [0.29, 0.717) is 45.2 Å². The lowest BCUT2D eigenvalue weighted by Crippen LogP contribution is -2.47. The molecule has 190 valence electrons. The topological polar surface area (TPSA) is 107 Å². The van der Waals surface area contributed by atoms with Gasteiger partial charge in [-0.05, 0) is 37.4 Å². The summed E-state index contributed by atoms with van der Waals surface area (Å²) >= 11 is 7.37. The maximum atomic E-state index is 14.4. The number of piperazine rings is 1. The van der Waals surface area contributed by atoms with Crippen molar-refractivity contribution in [1.82, 2.24) is 25.0 Å². The van der Waals surface area contributed by atoms with Crippen LogP contribution in [0.3, 0.4) is 0 Å². The van der Waals surface area contributed by atoms with Crippen LogP contribution >= 0.6 is 23.4 Å². The quantitative estimate of drug-likeness (QED) is 0.358. The zero-order valence-electron chi connectivity index (χ0n) is 19.7. The Hall–Kier alpha value is -2.83. The Kier molecular flexibility index (Phi) is 9.05. The molecule has 1 aromatic carbocycles. The highest BCUT2D eigenvalue weighted by molar-refractivity contribution is 7.99. The highest BCUT2D eigenvalue weighted by Gasteiger charge is 2.17. The molecule has 1 saturated heterocycles. The van der Waals surface area contributed by atoms with E-state index in [2.05, 4.69) is 42.7 Å². The second-order valence-corrected chi connectivity index (χ2v) is 9.85. The number of nitrogens with zero attached hydrogens (tertiary/aromatic N) is 5. The van der Waals surface area contributed by atoms with Gasteiger partial charge in [-0.2, -0.15) is 0 Å². The number of aliphatic hydroxyl groups is 1. The van der Waals surface area contributed by atoms with Gasteiger partial charge in [0.2, 0.25) is 5.91 Å². The van der Waals surface area contributed by atoms with E-state index in [0.717, 1.165) is 26.2 Å². The standard InChI is InChI=1S/C24H27ClFN7O2S/c1-32-6-8-33(9-7-32)15-23(35)29-22-13-17(4-5-27-22)28-21-14-20(30-31-24(21)36-11-10-34)18-12-16(25)2-3-19(18)26/h2-5,12-14,34H,6-11,15H2,1H3,(H2,27,28,29,30,35). The number of aliphatic hydroxyl groups excluding tert-OH is 1. The molecule has 0 aliphatic carbocycles. The second kappa shape index (κ2) is 12.4. The first kappa shape index (κ1) is 26.2. The Morgan fingerprint density at radius 1 is 1.17 bits per heavy atom. The first-order valence-corrected chi connectivity index (χ1v) is 12.8. The predicted octanol–water partition coefficient (Wildman–Crippen LogP) is 3.35. The van der Waals surface area contributed by atoms with Gasteiger partial charge in [0.05, 0.1) is 24.5 Å². The van der Waals surface area contributed by atoms with Crippen molar-refractivity contribution in [2.75, 3.05) is 62.8 Å². The minimum absolute atomic E-state index is 0.0325. The van der Waals surface area contributed by atoms with Crippen LogP contribution in [0, 0.1) is 5.82 Å². The number of halogens is 2. The van der Waals surface area contributed by atoms with Crippen LogP contribution < -0.4 is 10.6 Å². The average molecular weight is 532 g/mol. The fourth-order valence-electron chi connectivity index (χ4n) is 3.67. The fraction of sp³-hybridized carbons (Fsp3) is 0.333. The molecule has 0 radical (unpaired) electrons. The molecule has 9 nitrogen and oxygen atoms in total. The van der Waals surface area contributed by atoms with Crippen molar-refractivity contribution in [3.8, 4) is 11.3 Å². The molecule has 0 saturated carbocycles. The molecular weight excluding hydrogens is 505 g/mol. The number of hydrogen-bond donors (Lipinski definition) is 3. The van der Waals surface area contributed by atoms with E-state index in [9.17, 15) is 14.3 Å². The summed E-state index contributed by atoms with van der Waals surface area (Å²) in [5, 5.41) is 24.7. The highest BCUT2D eigenvalue weighted by Crippen LogP contribution is 2.32. The number of rotatable bonds is 9. The molecule has 2 aromatic heterocycles. The van der Waals surface area contributed by atoms with Crippen LogP contribution in [0.2, 0.25) is 5.02 Å². The number of likely N-dealkylation sites (N-methyl/N-ethyl adjacent to an activating group) is 1. The van der Waals surface area contributed by atoms with E-state index in [4.69, 9.17) is 11.6 Å². The summed E-state index contributed by atoms with van der Waals surface area (Å²) in [5.74, 6) is 0.224. The summed E-state index contributed by atoms with van der Waals surface area (Å²) in [7, 11) is 2.07. The van der Waals surface area contributed by atoms with Crippen LogP contribution in [-0.2, 0) is 4.79 Å². The largest absolute Gasteiger partial charge is 0.396 e. The van der Waals surface area contributed by atoms with Gasteiger partial charge in [-0.25, -0.2) is 9.37 Å². The highest BCUT2D eigenvalue weighted by atomic mass is 35.5. The lowest BCUT2D eigenvalue weighted by molar-refractivity contribution is -0.117. The number of carbonyl (C=O) groups excluding carboxylic acids is 1. The van der Waals surface area contributed by atoms with E-state index >= 15 is 0 Å². The van der Waals surface area contributed by atoms with Crippen LogP contribution in [0.25, 0.3) is 11.3 Å². The van der Waals surface area contributed by atoms with Crippen LogP contribution in [0.5, 0.6) is 0 Å². The third kappa shape index (κ3) is 7.11. The summed E-state index contributed by atoms with van der Waals surface area (Å²) in [6.07, 6.45) is 1.58. The molecular formula is C24H27ClFN7O2S. The number of pyridine rings is 1. The van der Waals surface area contributed by atoms with E-state index in [-0.39, 0.29) is 18.1 Å². The fourth-order valence-corrected chi connectivity index (χ4v) is 4.49. The number of carbonyl (C=O) groups is 1. The number of thioether (sulfide) groups is 1. The molecule has 1 aliphatic rings. The Morgan fingerprint density at radius 3 is 2.75 bits per heavy atom. The third-order valence-electron chi connectivity index (χ3n) is 5.56. The molecule has 1 amide bonds. The molecule has 1 aliphatic heterocycles. The molecule has 3 N–H and O–H groups in total. The molecule has 1 fully saturated rings. The van der Waals surface area contributed by atoms with E-state index in [1.54, 1.807) is 24.4 Å². The van der Waals surface area contributed by atoms with Gasteiger partial charge in [-0.1, -0.05) is 11.6 Å². The Bertz CT molecular complexity index is 1210. The molecule has 3 heterocycles. The van der Waals surface area contributed by atoms with Crippen molar-refractivity contribution < 1.29 is 14.3 Å². The lowest BCUT2D eigenvalue weighted by atomic mass is 10.1. The van der Waals surface area contributed by atoms with Crippen LogP contribution in [0.1, 0.15) is 0 Å². The minimum atomic E-state index is -0.468. The smallest absolute Gasteiger partial charge is 0.239 e. The van der Waals surface area contributed by atoms with Gasteiger partial charge < -0.3 is 20.6 Å². The van der Waals surface area contributed by atoms with Gasteiger partial charge in [0.1, 0.15) is 16.7 Å². The molecule has 4 rings (SSSR count). The zero-order chi connectivity index (χ0) is 25.5. The van der Waals surface area contributed by atoms with Gasteiger partial charge in [0, 0.05) is 60.5 Å². The molecule has 12 heteroatoms. The van der Waals surface area contributed by atoms with Crippen molar-refractivity contribution in [1.29, 1.82) is 0 Å². The Balaban J connectivity index is 1.51. The zero-order valence-corrected chi connectivity index (χ0v) is 21.3. The normalized spacial score (nSPS) is 14.6. The number of hydrogen-bond acceptors (Lipinski definition) is 9. The predicted molar refractivity (Wildman–Crippen MR) is 140 cm³/mol. The minimum Gasteiger partial charge on any atom is -0.396 e. The summed E-state index contributed by atoms with van der Waals surface area (Å²) < 4.78 is 14.4. The maximum Gasteiger partial charge on any atom is 0.239 e. The second-order valence-electron chi connectivity index (χ2n) is 8.33. The van der Waals surface area contributed by atoms with Crippen molar-refractivity contribution >= 4 is 46.5 Å². The number of benzene rings is 1. The Labute approximate surface area is 218 Å². The monoisotopic (exact) mass is 531 g/mol. The molecule has 3 aromatic rings. The van der Waals surface area contributed by atoms with Crippen molar-refractivity contribution in [2.45, 2.75) is 5.03 Å². The Morgan fingerprint density at radius 2 is 1.97 bits per heavy atom. The van der Waals surface area contributed by atoms with Gasteiger partial charge in [-0.3, -0.25) is 9.69 Å².